The lowest BCUT2D eigenvalue weighted by atomic mass is 9.98. The Hall–Kier alpha value is -4.73. The average molecular weight is 544 g/mol. The highest BCUT2D eigenvalue weighted by molar-refractivity contribution is 6.02. The van der Waals surface area contributed by atoms with E-state index >= 15 is 0 Å². The number of aromatic nitrogens is 3. The molecule has 0 spiro atoms. The highest BCUT2D eigenvalue weighted by Gasteiger charge is 2.35. The lowest BCUT2D eigenvalue weighted by molar-refractivity contribution is -0.128. The Labute approximate surface area is 232 Å². The smallest absolute Gasteiger partial charge is 0.337 e. The molecule has 0 aliphatic rings. The van der Waals surface area contributed by atoms with E-state index in [0.717, 1.165) is 0 Å². The van der Waals surface area contributed by atoms with Gasteiger partial charge in [0.05, 0.1) is 25.3 Å². The van der Waals surface area contributed by atoms with E-state index in [-0.39, 0.29) is 12.5 Å². The molecule has 0 fully saturated rings. The summed E-state index contributed by atoms with van der Waals surface area (Å²) >= 11 is 0. The van der Waals surface area contributed by atoms with Gasteiger partial charge in [0.1, 0.15) is 23.9 Å². The number of anilines is 1. The Balaban J connectivity index is 1.83. The van der Waals surface area contributed by atoms with Gasteiger partial charge in [0.25, 0.3) is 0 Å². The molecule has 1 heterocycles. The van der Waals surface area contributed by atoms with Crippen LogP contribution in [0.4, 0.5) is 5.69 Å². The Morgan fingerprint density at radius 2 is 1.65 bits per heavy atom. The van der Waals surface area contributed by atoms with Crippen LogP contribution in [0, 0.1) is 0 Å². The number of para-hydroxylation sites is 1. The van der Waals surface area contributed by atoms with Crippen LogP contribution in [0.2, 0.25) is 0 Å². The number of benzene rings is 3. The van der Waals surface area contributed by atoms with Crippen LogP contribution in [0.3, 0.4) is 0 Å². The molecule has 1 N–H and O–H groups in total. The maximum absolute atomic E-state index is 14.1. The van der Waals surface area contributed by atoms with E-state index in [4.69, 9.17) is 9.47 Å². The molecule has 10 heteroatoms. The maximum atomic E-state index is 14.1. The zero-order valence-corrected chi connectivity index (χ0v) is 23.2. The molecule has 3 aromatic carbocycles. The van der Waals surface area contributed by atoms with Crippen LogP contribution in [0.1, 0.15) is 49.2 Å². The summed E-state index contributed by atoms with van der Waals surface area (Å²) in [6, 6.07) is 19.7. The van der Waals surface area contributed by atoms with E-state index in [9.17, 15) is 14.4 Å². The number of carbonyl (C=O) groups excluding carboxylic acids is 3. The summed E-state index contributed by atoms with van der Waals surface area (Å²) in [6.45, 7) is 5.66. The first-order valence-corrected chi connectivity index (χ1v) is 12.9. The number of nitrogens with one attached hydrogen (secondary N) is 1. The van der Waals surface area contributed by atoms with Crippen LogP contribution in [0.25, 0.3) is 11.0 Å². The summed E-state index contributed by atoms with van der Waals surface area (Å²) in [5.74, 6) is -0.642. The second-order valence-corrected chi connectivity index (χ2v) is 9.94. The van der Waals surface area contributed by atoms with E-state index in [1.54, 1.807) is 55.6 Å². The summed E-state index contributed by atoms with van der Waals surface area (Å²) in [6.07, 6.45) is 0.681. The van der Waals surface area contributed by atoms with Crippen molar-refractivity contribution < 1.29 is 23.9 Å². The zero-order chi connectivity index (χ0) is 28.9. The van der Waals surface area contributed by atoms with E-state index in [2.05, 4.69) is 15.6 Å². The van der Waals surface area contributed by atoms with Gasteiger partial charge in [-0.05, 0) is 74.4 Å². The third kappa shape index (κ3) is 6.12. The normalized spacial score (nSPS) is 12.0. The van der Waals surface area contributed by atoms with Gasteiger partial charge in [0, 0.05) is 11.2 Å². The van der Waals surface area contributed by atoms with Gasteiger partial charge in [-0.2, -0.15) is 0 Å². The van der Waals surface area contributed by atoms with Crippen molar-refractivity contribution >= 4 is 34.5 Å². The number of nitrogens with zero attached hydrogens (tertiary/aromatic N) is 4. The van der Waals surface area contributed by atoms with Gasteiger partial charge < -0.3 is 14.8 Å². The molecule has 4 rings (SSSR count). The lowest BCUT2D eigenvalue weighted by Gasteiger charge is -2.34. The number of hydrogen-bond acceptors (Lipinski definition) is 7. The van der Waals surface area contributed by atoms with Gasteiger partial charge in [0.15, 0.2) is 0 Å². The Bertz CT molecular complexity index is 1500. The Morgan fingerprint density at radius 1 is 0.975 bits per heavy atom. The SMILES string of the molecule is CCC(C)(C)NC(=O)[C@@H](c1ccc(OC)cc1)N(C(=O)Cn1nnc2ccccc21)c1ccc(C(=O)OC)cc1. The van der Waals surface area contributed by atoms with Gasteiger partial charge in [-0.25, -0.2) is 9.48 Å². The summed E-state index contributed by atoms with van der Waals surface area (Å²) in [7, 11) is 2.86. The minimum atomic E-state index is -1.04. The molecule has 2 amide bonds. The topological polar surface area (TPSA) is 116 Å². The van der Waals surface area contributed by atoms with Crippen molar-refractivity contribution in [3.63, 3.8) is 0 Å². The number of rotatable bonds is 10. The minimum Gasteiger partial charge on any atom is -0.497 e. The number of methoxy groups -OCH3 is 2. The minimum absolute atomic E-state index is 0.170. The van der Waals surface area contributed by atoms with Gasteiger partial charge in [-0.1, -0.05) is 36.4 Å². The first kappa shape index (κ1) is 28.3. The zero-order valence-electron chi connectivity index (χ0n) is 23.2. The van der Waals surface area contributed by atoms with E-state index < -0.39 is 23.5 Å². The van der Waals surface area contributed by atoms with Crippen molar-refractivity contribution in [2.24, 2.45) is 0 Å². The van der Waals surface area contributed by atoms with Crippen molar-refractivity contribution in [2.75, 3.05) is 19.1 Å². The molecule has 208 valence electrons. The molecule has 4 aromatic rings. The molecule has 1 aromatic heterocycles. The van der Waals surface area contributed by atoms with Gasteiger partial charge in [-0.3, -0.25) is 14.5 Å². The van der Waals surface area contributed by atoms with Crippen LogP contribution in [0.15, 0.2) is 72.8 Å². The molecule has 0 unspecified atom stereocenters. The first-order chi connectivity index (χ1) is 19.2. The summed E-state index contributed by atoms with van der Waals surface area (Å²) in [5, 5.41) is 11.4. The number of amides is 2. The molecule has 1 atom stereocenters. The molecule has 0 bridgehead atoms. The highest BCUT2D eigenvalue weighted by atomic mass is 16.5. The van der Waals surface area contributed by atoms with E-state index in [1.807, 2.05) is 45.0 Å². The number of fused-ring (bicyclic) bond motifs is 1. The number of carbonyl (C=O) groups is 3. The third-order valence-corrected chi connectivity index (χ3v) is 6.82. The summed E-state index contributed by atoms with van der Waals surface area (Å²) in [5.41, 5.74) is 2.14. The van der Waals surface area contributed by atoms with E-state index in [1.165, 1.54) is 16.7 Å². The van der Waals surface area contributed by atoms with Gasteiger partial charge in [-0.15, -0.1) is 5.10 Å². The molecule has 10 nitrogen and oxygen atoms in total. The fraction of sp³-hybridized carbons (Fsp3) is 0.300. The van der Waals surface area contributed by atoms with Gasteiger partial charge >= 0.3 is 5.97 Å². The Kier molecular flexibility index (Phi) is 8.47. The summed E-state index contributed by atoms with van der Waals surface area (Å²) in [4.78, 5) is 41.6. The standard InChI is InChI=1S/C30H33N5O5/c1-6-30(2,3)31-28(37)27(20-13-17-23(39-4)18-14-20)35(22-15-11-21(12-16-22)29(38)40-5)26(36)19-34-25-10-8-7-9-24(25)32-33-34/h7-18,27H,6,19H2,1-5H3,(H,31,37)/t27-/m1/s1. The van der Waals surface area contributed by atoms with Crippen LogP contribution >= 0.6 is 0 Å². The predicted octanol–water partition coefficient (Wildman–Crippen LogP) is 4.31. The second-order valence-electron chi connectivity index (χ2n) is 9.94. The second kappa shape index (κ2) is 12.0. The van der Waals surface area contributed by atoms with Crippen LogP contribution in [-0.2, 0) is 20.9 Å². The first-order valence-electron chi connectivity index (χ1n) is 12.9. The highest BCUT2D eigenvalue weighted by Crippen LogP contribution is 2.31. The quantitative estimate of drug-likeness (QED) is 0.297. The lowest BCUT2D eigenvalue weighted by Crippen LogP contribution is -2.51. The van der Waals surface area contributed by atoms with Crippen molar-refractivity contribution in [1.82, 2.24) is 20.3 Å². The van der Waals surface area contributed by atoms with Crippen LogP contribution < -0.4 is 15.0 Å². The molecule has 0 aliphatic heterocycles. The number of esters is 1. The van der Waals surface area contributed by atoms with E-state index in [0.29, 0.717) is 40.0 Å². The van der Waals surface area contributed by atoms with Crippen LogP contribution in [-0.4, -0.2) is 52.5 Å². The predicted molar refractivity (Wildman–Crippen MR) is 151 cm³/mol. The Morgan fingerprint density at radius 3 is 2.27 bits per heavy atom. The fourth-order valence-electron chi connectivity index (χ4n) is 4.25. The molecule has 0 radical (unpaired) electrons. The molecule has 0 aliphatic carbocycles. The van der Waals surface area contributed by atoms with Crippen LogP contribution in [0.5, 0.6) is 5.75 Å². The number of hydrogen-bond donors (Lipinski definition) is 1. The molecule has 0 saturated carbocycles. The third-order valence-electron chi connectivity index (χ3n) is 6.82. The van der Waals surface area contributed by atoms with Crippen molar-refractivity contribution in [3.8, 4) is 5.75 Å². The van der Waals surface area contributed by atoms with Crippen molar-refractivity contribution in [3.05, 3.63) is 83.9 Å². The molecular weight excluding hydrogens is 510 g/mol. The average Bonchev–Trinajstić information content (AvgIpc) is 3.37. The monoisotopic (exact) mass is 543 g/mol. The summed E-state index contributed by atoms with van der Waals surface area (Å²) < 4.78 is 11.6. The van der Waals surface area contributed by atoms with Crippen molar-refractivity contribution in [2.45, 2.75) is 45.3 Å². The largest absolute Gasteiger partial charge is 0.497 e. The molecule has 40 heavy (non-hydrogen) atoms. The van der Waals surface area contributed by atoms with Gasteiger partial charge in [0.2, 0.25) is 11.8 Å². The van der Waals surface area contributed by atoms with Crippen molar-refractivity contribution in [1.29, 1.82) is 0 Å². The number of ether oxygens (including phenoxy) is 2. The molecular formula is C30H33N5O5. The maximum Gasteiger partial charge on any atom is 0.337 e. The molecule has 0 saturated heterocycles. The fourth-order valence-corrected chi connectivity index (χ4v) is 4.25.